The molecule has 8 atom stereocenters. The number of nitrogens with two attached hydrogens (primary N) is 1. The maximum Gasteiger partial charge on any atom is 0.306 e. The number of hydrogen-bond donors (Lipinski definition) is 2. The number of esters is 1. The number of carbonyl (C=O) groups is 1. The largest absolute Gasteiger partial charge is 0.462 e. The van der Waals surface area contributed by atoms with Crippen LogP contribution in [0.1, 0.15) is 118 Å². The van der Waals surface area contributed by atoms with Gasteiger partial charge in [-0.1, -0.05) is 65.5 Å². The molecule has 0 spiro atoms. The molecular weight excluding hydrogens is 456 g/mol. The second kappa shape index (κ2) is 11.7. The summed E-state index contributed by atoms with van der Waals surface area (Å²) in [5.74, 6) is 5.05. The first-order valence-corrected chi connectivity index (χ1v) is 15.6. The van der Waals surface area contributed by atoms with Gasteiger partial charge >= 0.3 is 5.97 Å². The van der Waals surface area contributed by atoms with Crippen molar-refractivity contribution in [3.8, 4) is 0 Å². The molecule has 4 nitrogen and oxygen atoms in total. The Balaban J connectivity index is 1.37. The fraction of sp³-hybridized carbons (Fsp3) is 0.848. The lowest BCUT2D eigenvalue weighted by Gasteiger charge is -2.58. The van der Waals surface area contributed by atoms with Crippen LogP contribution in [0.15, 0.2) is 23.5 Å². The molecule has 0 saturated heterocycles. The molecule has 0 aromatic carbocycles. The van der Waals surface area contributed by atoms with Crippen molar-refractivity contribution in [2.24, 2.45) is 52.1 Å². The van der Waals surface area contributed by atoms with Gasteiger partial charge in [0, 0.05) is 25.4 Å². The summed E-state index contributed by atoms with van der Waals surface area (Å²) in [6, 6.07) is 0. The van der Waals surface area contributed by atoms with Crippen LogP contribution in [0.2, 0.25) is 0 Å². The predicted molar refractivity (Wildman–Crippen MR) is 153 cm³/mol. The Kier molecular flexibility index (Phi) is 9.06. The number of rotatable bonds is 10. The Morgan fingerprint density at radius 2 is 1.89 bits per heavy atom. The molecule has 3 N–H and O–H groups in total. The minimum absolute atomic E-state index is 0.0364. The second-order valence-electron chi connectivity index (χ2n) is 14.2. The zero-order valence-electron chi connectivity index (χ0n) is 24.8. The lowest BCUT2D eigenvalue weighted by Crippen LogP contribution is -2.51. The fourth-order valence-corrected chi connectivity index (χ4v) is 9.50. The van der Waals surface area contributed by atoms with Gasteiger partial charge in [-0.2, -0.15) is 0 Å². The normalized spacial score (nSPS) is 38.3. The Labute approximate surface area is 227 Å². The van der Waals surface area contributed by atoms with E-state index in [2.05, 4.69) is 46.0 Å². The topological polar surface area (TPSA) is 64.3 Å². The average molecular weight is 513 g/mol. The summed E-state index contributed by atoms with van der Waals surface area (Å²) in [7, 11) is 1.82. The summed E-state index contributed by atoms with van der Waals surface area (Å²) in [6.45, 7) is 12.5. The van der Waals surface area contributed by atoms with Crippen LogP contribution in [0.5, 0.6) is 0 Å². The Morgan fingerprint density at radius 3 is 2.62 bits per heavy atom. The molecule has 4 aliphatic carbocycles. The van der Waals surface area contributed by atoms with Crippen LogP contribution in [-0.4, -0.2) is 19.1 Å². The molecule has 37 heavy (non-hydrogen) atoms. The van der Waals surface area contributed by atoms with Gasteiger partial charge in [0.2, 0.25) is 0 Å². The molecule has 0 aliphatic heterocycles. The molecule has 4 heteroatoms. The third kappa shape index (κ3) is 5.93. The van der Waals surface area contributed by atoms with Gasteiger partial charge in [-0.25, -0.2) is 0 Å². The maximum absolute atomic E-state index is 12.5. The highest BCUT2D eigenvalue weighted by Crippen LogP contribution is 2.67. The van der Waals surface area contributed by atoms with Gasteiger partial charge < -0.3 is 15.8 Å². The minimum Gasteiger partial charge on any atom is -0.462 e. The van der Waals surface area contributed by atoms with Crippen LogP contribution >= 0.6 is 0 Å². The van der Waals surface area contributed by atoms with Crippen molar-refractivity contribution in [1.82, 2.24) is 5.32 Å². The summed E-state index contributed by atoms with van der Waals surface area (Å²) >= 11 is 0. The third-order valence-corrected chi connectivity index (χ3v) is 11.5. The van der Waals surface area contributed by atoms with Crippen molar-refractivity contribution in [3.05, 3.63) is 23.5 Å². The average Bonchev–Trinajstić information content (AvgIpc) is 3.20. The van der Waals surface area contributed by atoms with Crippen LogP contribution < -0.4 is 11.1 Å². The molecule has 0 aromatic heterocycles. The van der Waals surface area contributed by atoms with E-state index in [0.717, 1.165) is 54.8 Å². The van der Waals surface area contributed by atoms with Crippen LogP contribution in [0, 0.1) is 46.3 Å². The monoisotopic (exact) mass is 512 g/mol. The maximum atomic E-state index is 12.5. The molecular formula is C33H56N2O2. The van der Waals surface area contributed by atoms with Crippen molar-refractivity contribution in [2.45, 2.75) is 124 Å². The third-order valence-electron chi connectivity index (χ3n) is 11.5. The summed E-state index contributed by atoms with van der Waals surface area (Å²) < 4.78 is 5.94. The van der Waals surface area contributed by atoms with Gasteiger partial charge in [-0.3, -0.25) is 4.79 Å². The first-order chi connectivity index (χ1) is 17.6. The molecule has 8 unspecified atom stereocenters. The van der Waals surface area contributed by atoms with Gasteiger partial charge in [-0.05, 0) is 97.7 Å². The van der Waals surface area contributed by atoms with Crippen LogP contribution in [0.4, 0.5) is 0 Å². The van der Waals surface area contributed by atoms with E-state index in [1.54, 1.807) is 11.8 Å². The van der Waals surface area contributed by atoms with Crippen LogP contribution in [0.25, 0.3) is 0 Å². The zero-order chi connectivity index (χ0) is 26.8. The van der Waals surface area contributed by atoms with E-state index < -0.39 is 0 Å². The molecule has 3 fully saturated rings. The summed E-state index contributed by atoms with van der Waals surface area (Å²) in [5, 5.41) is 2.92. The molecule has 4 rings (SSSR count). The first-order valence-electron chi connectivity index (χ1n) is 15.6. The van der Waals surface area contributed by atoms with E-state index in [9.17, 15) is 4.79 Å². The van der Waals surface area contributed by atoms with Gasteiger partial charge in [0.1, 0.15) is 6.10 Å². The van der Waals surface area contributed by atoms with Gasteiger partial charge in [-0.15, -0.1) is 0 Å². The number of fused-ring (bicyclic) bond motifs is 5. The lowest BCUT2D eigenvalue weighted by atomic mass is 9.47. The Morgan fingerprint density at radius 1 is 1.11 bits per heavy atom. The predicted octanol–water partition coefficient (Wildman–Crippen LogP) is 7.74. The van der Waals surface area contributed by atoms with Crippen molar-refractivity contribution >= 4 is 5.97 Å². The number of allylic oxidation sites excluding steroid dienone is 2. The van der Waals surface area contributed by atoms with E-state index in [1.807, 2.05) is 7.05 Å². The van der Waals surface area contributed by atoms with Crippen molar-refractivity contribution < 1.29 is 9.53 Å². The second-order valence-corrected chi connectivity index (χ2v) is 14.2. The summed E-state index contributed by atoms with van der Waals surface area (Å²) in [4.78, 5) is 12.5. The summed E-state index contributed by atoms with van der Waals surface area (Å²) in [6.07, 6.45) is 19.5. The van der Waals surface area contributed by atoms with Crippen molar-refractivity contribution in [2.75, 3.05) is 7.05 Å². The van der Waals surface area contributed by atoms with Crippen molar-refractivity contribution in [3.63, 3.8) is 0 Å². The van der Waals surface area contributed by atoms with E-state index in [4.69, 9.17) is 10.5 Å². The molecule has 0 radical (unpaired) electrons. The fourth-order valence-electron chi connectivity index (χ4n) is 9.50. The molecule has 0 amide bonds. The highest BCUT2D eigenvalue weighted by atomic mass is 16.5. The first kappa shape index (κ1) is 28.6. The van der Waals surface area contributed by atoms with E-state index in [1.165, 1.54) is 51.4 Å². The lowest BCUT2D eigenvalue weighted by molar-refractivity contribution is -0.151. The molecule has 0 bridgehead atoms. The molecule has 210 valence electrons. The van der Waals surface area contributed by atoms with E-state index >= 15 is 0 Å². The zero-order valence-corrected chi connectivity index (χ0v) is 24.8. The number of hydrogen-bond acceptors (Lipinski definition) is 4. The van der Waals surface area contributed by atoms with Gasteiger partial charge in [0.25, 0.3) is 0 Å². The number of nitrogens with one attached hydrogen (secondary N) is 1. The number of ether oxygens (including phenoxy) is 1. The minimum atomic E-state index is -0.108. The quantitative estimate of drug-likeness (QED) is 0.232. The smallest absolute Gasteiger partial charge is 0.306 e. The molecule has 4 aliphatic rings. The van der Waals surface area contributed by atoms with E-state index in [0.29, 0.717) is 29.4 Å². The SMILES string of the molecule is CN/C=C(\N)CCC(=O)OC1CCC2(C)C(=CCC3C2CCC2(C)C(C(C)CCCC(C)C)CCC32)C1. The molecule has 0 aromatic rings. The Hall–Kier alpha value is -1.45. The van der Waals surface area contributed by atoms with Crippen molar-refractivity contribution in [1.29, 1.82) is 0 Å². The van der Waals surface area contributed by atoms with Gasteiger partial charge in [0.05, 0.1) is 6.42 Å². The van der Waals surface area contributed by atoms with E-state index in [-0.39, 0.29) is 12.1 Å². The van der Waals surface area contributed by atoms with Gasteiger partial charge in [0.15, 0.2) is 0 Å². The number of carbonyl (C=O) groups excluding carboxylic acids is 1. The highest BCUT2D eigenvalue weighted by Gasteiger charge is 2.59. The van der Waals surface area contributed by atoms with Crippen LogP contribution in [0.3, 0.4) is 0 Å². The molecule has 0 heterocycles. The summed E-state index contributed by atoms with van der Waals surface area (Å²) in [5.41, 5.74) is 9.04. The molecule has 3 saturated carbocycles. The van der Waals surface area contributed by atoms with Crippen LogP contribution in [-0.2, 0) is 9.53 Å². The standard InChI is InChI=1S/C33H56N2O2/c1-22(2)8-7-9-23(3)28-13-14-29-27-12-10-24-20-26(37-31(36)15-11-25(34)21-35-6)16-18-32(24,4)30(27)17-19-33(28,29)5/h10,21-23,26-30,35H,7-9,11-20,34H2,1-6H3/b25-21-. The Bertz CT molecular complexity index is 862. The highest BCUT2D eigenvalue weighted by molar-refractivity contribution is 5.70.